The van der Waals surface area contributed by atoms with Gasteiger partial charge in [0.05, 0.1) is 24.8 Å². The molecule has 0 unspecified atom stereocenters. The van der Waals surface area contributed by atoms with Crippen molar-refractivity contribution in [3.63, 3.8) is 0 Å². The van der Waals surface area contributed by atoms with Crippen LogP contribution in [0.3, 0.4) is 0 Å². The summed E-state index contributed by atoms with van der Waals surface area (Å²) in [5.74, 6) is 0.166. The zero-order valence-electron chi connectivity index (χ0n) is 9.86. The largest absolute Gasteiger partial charge is 0.367 e. The molecule has 0 aliphatic carbocycles. The summed E-state index contributed by atoms with van der Waals surface area (Å²) in [5, 5.41) is 4.96. The van der Waals surface area contributed by atoms with Crippen LogP contribution >= 0.6 is 46.1 Å². The summed E-state index contributed by atoms with van der Waals surface area (Å²) in [4.78, 5) is 0.835. The van der Waals surface area contributed by atoms with E-state index in [2.05, 4.69) is 5.16 Å². The van der Waals surface area contributed by atoms with Gasteiger partial charge in [-0.15, -0.1) is 11.3 Å². The van der Waals surface area contributed by atoms with E-state index < -0.39 is 0 Å². The lowest BCUT2D eigenvalue weighted by molar-refractivity contribution is 0.439. The number of rotatable bonds is 2. The monoisotopic (exact) mass is 344 g/mol. The van der Waals surface area contributed by atoms with Crippen molar-refractivity contribution < 1.29 is 4.52 Å². The Kier molecular flexibility index (Phi) is 3.65. The zero-order chi connectivity index (χ0) is 14.3. The SMILES string of the molecule is Nc1onc(-c2ccc(Cl)s2)c1-c1c(Cl)cccc1Cl. The minimum absolute atomic E-state index is 0.166. The molecule has 0 radical (unpaired) electrons. The number of nitrogens with two attached hydrogens (primary N) is 1. The maximum Gasteiger partial charge on any atom is 0.230 e. The van der Waals surface area contributed by atoms with Gasteiger partial charge in [-0.25, -0.2) is 0 Å². The summed E-state index contributed by atoms with van der Waals surface area (Å²) < 4.78 is 5.75. The molecule has 3 rings (SSSR count). The van der Waals surface area contributed by atoms with Gasteiger partial charge in [0, 0.05) is 5.56 Å². The standard InChI is InChI=1S/C13H7Cl3N2OS/c14-6-2-1-3-7(15)10(6)11-12(18-19-13(11)17)8-4-5-9(16)20-8/h1-5H,17H2. The third kappa shape index (κ3) is 2.29. The Hall–Kier alpha value is -1.20. The predicted octanol–water partition coefficient (Wildman–Crippen LogP) is 5.61. The lowest BCUT2D eigenvalue weighted by Crippen LogP contribution is -1.89. The van der Waals surface area contributed by atoms with Gasteiger partial charge in [-0.3, -0.25) is 0 Å². The second kappa shape index (κ2) is 5.30. The molecule has 102 valence electrons. The highest BCUT2D eigenvalue weighted by Gasteiger charge is 2.22. The van der Waals surface area contributed by atoms with Gasteiger partial charge in [0.1, 0.15) is 5.69 Å². The second-order valence-electron chi connectivity index (χ2n) is 3.97. The number of aromatic nitrogens is 1. The first kappa shape index (κ1) is 13.8. The second-order valence-corrected chi connectivity index (χ2v) is 6.50. The van der Waals surface area contributed by atoms with Crippen molar-refractivity contribution in [1.29, 1.82) is 0 Å². The molecule has 0 bridgehead atoms. The summed E-state index contributed by atoms with van der Waals surface area (Å²) in [6, 6.07) is 8.86. The molecular formula is C13H7Cl3N2OS. The first-order valence-electron chi connectivity index (χ1n) is 5.53. The molecule has 20 heavy (non-hydrogen) atoms. The van der Waals surface area contributed by atoms with E-state index in [1.807, 2.05) is 6.07 Å². The number of hydrogen-bond donors (Lipinski definition) is 1. The molecule has 0 spiro atoms. The number of anilines is 1. The molecule has 0 saturated carbocycles. The quantitative estimate of drug-likeness (QED) is 0.656. The van der Waals surface area contributed by atoms with Crippen molar-refractivity contribution in [1.82, 2.24) is 5.16 Å². The van der Waals surface area contributed by atoms with Gasteiger partial charge in [0.2, 0.25) is 5.88 Å². The smallest absolute Gasteiger partial charge is 0.230 e. The Morgan fingerprint density at radius 3 is 2.30 bits per heavy atom. The maximum atomic E-state index is 6.23. The Balaban J connectivity index is 2.27. The topological polar surface area (TPSA) is 52.0 Å². The van der Waals surface area contributed by atoms with Gasteiger partial charge in [-0.05, 0) is 24.3 Å². The van der Waals surface area contributed by atoms with E-state index in [-0.39, 0.29) is 5.88 Å². The van der Waals surface area contributed by atoms with Crippen LogP contribution in [0.25, 0.3) is 21.7 Å². The normalized spacial score (nSPS) is 10.9. The maximum absolute atomic E-state index is 6.23. The van der Waals surface area contributed by atoms with Crippen molar-refractivity contribution in [2.24, 2.45) is 0 Å². The highest BCUT2D eigenvalue weighted by molar-refractivity contribution is 7.19. The molecule has 0 aliphatic rings. The molecule has 3 aromatic rings. The predicted molar refractivity (Wildman–Crippen MR) is 84.7 cm³/mol. The van der Waals surface area contributed by atoms with Crippen molar-refractivity contribution in [2.45, 2.75) is 0 Å². The number of halogens is 3. The van der Waals surface area contributed by atoms with Crippen LogP contribution in [0.2, 0.25) is 14.4 Å². The van der Waals surface area contributed by atoms with Gasteiger partial charge in [-0.2, -0.15) is 0 Å². The Morgan fingerprint density at radius 2 is 1.70 bits per heavy atom. The summed E-state index contributed by atoms with van der Waals surface area (Å²) in [6.45, 7) is 0. The van der Waals surface area contributed by atoms with Crippen LogP contribution in [-0.2, 0) is 0 Å². The summed E-state index contributed by atoms with van der Waals surface area (Å²) in [6.07, 6.45) is 0. The Morgan fingerprint density at radius 1 is 1.00 bits per heavy atom. The molecular weight excluding hydrogens is 339 g/mol. The molecule has 0 aliphatic heterocycles. The fraction of sp³-hybridized carbons (Fsp3) is 0. The number of thiophene rings is 1. The molecule has 0 amide bonds. The molecule has 1 aromatic carbocycles. The molecule has 2 aromatic heterocycles. The van der Waals surface area contributed by atoms with Gasteiger partial charge >= 0.3 is 0 Å². The molecule has 3 nitrogen and oxygen atoms in total. The molecule has 2 heterocycles. The Labute approximate surface area is 133 Å². The van der Waals surface area contributed by atoms with Crippen molar-refractivity contribution in [3.05, 3.63) is 44.7 Å². The van der Waals surface area contributed by atoms with Crippen molar-refractivity contribution in [2.75, 3.05) is 5.73 Å². The first-order valence-corrected chi connectivity index (χ1v) is 7.48. The number of nitrogen functional groups attached to an aromatic ring is 1. The minimum atomic E-state index is 0.166. The lowest BCUT2D eigenvalue weighted by atomic mass is 10.0. The van der Waals surface area contributed by atoms with Crippen LogP contribution in [0.5, 0.6) is 0 Å². The van der Waals surface area contributed by atoms with Gasteiger partial charge < -0.3 is 10.3 Å². The van der Waals surface area contributed by atoms with Crippen LogP contribution in [0.1, 0.15) is 0 Å². The van der Waals surface area contributed by atoms with Crippen LogP contribution in [-0.4, -0.2) is 5.16 Å². The molecule has 0 fully saturated rings. The van der Waals surface area contributed by atoms with E-state index >= 15 is 0 Å². The summed E-state index contributed by atoms with van der Waals surface area (Å²) in [5.41, 5.74) is 7.65. The van der Waals surface area contributed by atoms with Gasteiger partial charge in [0.15, 0.2) is 0 Å². The third-order valence-electron chi connectivity index (χ3n) is 2.74. The van der Waals surface area contributed by atoms with E-state index in [1.165, 1.54) is 11.3 Å². The van der Waals surface area contributed by atoms with E-state index in [9.17, 15) is 0 Å². The zero-order valence-corrected chi connectivity index (χ0v) is 12.9. The van der Waals surface area contributed by atoms with Crippen LogP contribution in [0.15, 0.2) is 34.9 Å². The average Bonchev–Trinajstić information content (AvgIpc) is 2.97. The Bertz CT molecular complexity index is 762. The number of nitrogens with zero attached hydrogens (tertiary/aromatic N) is 1. The van der Waals surface area contributed by atoms with Gasteiger partial charge in [-0.1, -0.05) is 46.0 Å². The van der Waals surface area contributed by atoms with Gasteiger partial charge in [0.25, 0.3) is 0 Å². The minimum Gasteiger partial charge on any atom is -0.367 e. The average molecular weight is 346 g/mol. The van der Waals surface area contributed by atoms with Crippen LogP contribution in [0.4, 0.5) is 5.88 Å². The highest BCUT2D eigenvalue weighted by Crippen LogP contribution is 2.45. The lowest BCUT2D eigenvalue weighted by Gasteiger charge is -2.06. The van der Waals surface area contributed by atoms with Crippen LogP contribution < -0.4 is 5.73 Å². The molecule has 2 N–H and O–H groups in total. The summed E-state index contributed by atoms with van der Waals surface area (Å²) in [7, 11) is 0. The van der Waals surface area contributed by atoms with E-state index in [0.717, 1.165) is 4.88 Å². The van der Waals surface area contributed by atoms with E-state index in [1.54, 1.807) is 24.3 Å². The fourth-order valence-corrected chi connectivity index (χ4v) is 3.51. The third-order valence-corrected chi connectivity index (χ3v) is 4.61. The van der Waals surface area contributed by atoms with E-state index in [4.69, 9.17) is 45.1 Å². The highest BCUT2D eigenvalue weighted by atomic mass is 35.5. The van der Waals surface area contributed by atoms with E-state index in [0.29, 0.717) is 31.2 Å². The first-order chi connectivity index (χ1) is 9.58. The molecule has 0 atom stereocenters. The van der Waals surface area contributed by atoms with Crippen LogP contribution in [0, 0.1) is 0 Å². The molecule has 7 heteroatoms. The number of benzene rings is 1. The van der Waals surface area contributed by atoms with Crippen molar-refractivity contribution in [3.8, 4) is 21.7 Å². The van der Waals surface area contributed by atoms with Crippen molar-refractivity contribution >= 4 is 52.0 Å². The molecule has 0 saturated heterocycles. The number of hydrogen-bond acceptors (Lipinski definition) is 4. The summed E-state index contributed by atoms with van der Waals surface area (Å²) >= 11 is 19.8. The fourth-order valence-electron chi connectivity index (χ4n) is 1.89.